The normalized spacial score (nSPS) is 16.4. The van der Waals surface area contributed by atoms with Gasteiger partial charge in [0, 0.05) is 30.4 Å². The molecule has 1 fully saturated rings. The Hall–Kier alpha value is -5.71. The number of hydrogen-bond donors (Lipinski definition) is 2. The zero-order chi connectivity index (χ0) is 30.2. The van der Waals surface area contributed by atoms with Gasteiger partial charge in [-0.1, -0.05) is 24.3 Å². The van der Waals surface area contributed by atoms with E-state index in [2.05, 4.69) is 32.8 Å². The van der Waals surface area contributed by atoms with Crippen LogP contribution in [0.4, 0.5) is 5.69 Å². The molecule has 0 spiro atoms. The lowest BCUT2D eigenvalue weighted by Gasteiger charge is -2.27. The standard InChI is InChI=1S/C33H27N7O4/c41-30-13-12-29(31(42)38-30)40-32(43)24-11-10-22(16-25(24)33(40)44)34-14-4-6-20-5-3-7-23(15-20)39-19-21(17-36-39)28-18-35-26-8-1-2-9-27(26)37-28/h1-3,5,7-11,15-19,29,34H,4,6,12-14H2,(H,38,41,42). The molecular weight excluding hydrogens is 558 g/mol. The van der Waals surface area contributed by atoms with Crippen LogP contribution in [-0.2, 0) is 16.0 Å². The summed E-state index contributed by atoms with van der Waals surface area (Å²) in [5, 5.41) is 10.1. The molecule has 1 unspecified atom stereocenters. The summed E-state index contributed by atoms with van der Waals surface area (Å²) in [5.41, 5.74) is 6.65. The van der Waals surface area contributed by atoms with E-state index < -0.39 is 29.7 Å². The van der Waals surface area contributed by atoms with E-state index >= 15 is 0 Å². The van der Waals surface area contributed by atoms with Crippen molar-refractivity contribution in [3.05, 3.63) is 102 Å². The third kappa shape index (κ3) is 5.08. The Morgan fingerprint density at radius 1 is 0.886 bits per heavy atom. The van der Waals surface area contributed by atoms with E-state index in [1.807, 2.05) is 47.3 Å². The van der Waals surface area contributed by atoms with Gasteiger partial charge in [0.25, 0.3) is 11.8 Å². The van der Waals surface area contributed by atoms with Crippen molar-refractivity contribution in [3.8, 4) is 16.9 Å². The number of aromatic nitrogens is 4. The van der Waals surface area contributed by atoms with Crippen LogP contribution in [0.2, 0.25) is 0 Å². The molecule has 5 aromatic rings. The third-order valence-corrected chi connectivity index (χ3v) is 7.91. The molecular formula is C33H27N7O4. The van der Waals surface area contributed by atoms with Crippen LogP contribution in [0.15, 0.2) is 85.3 Å². The fraction of sp³-hybridized carbons (Fsp3) is 0.182. The second-order valence-corrected chi connectivity index (χ2v) is 10.8. The first-order chi connectivity index (χ1) is 21.4. The quantitative estimate of drug-likeness (QED) is 0.206. The lowest BCUT2D eigenvalue weighted by atomic mass is 10.0. The van der Waals surface area contributed by atoms with Gasteiger partial charge >= 0.3 is 0 Å². The smallest absolute Gasteiger partial charge is 0.262 e. The van der Waals surface area contributed by atoms with Crippen LogP contribution in [0.1, 0.15) is 45.5 Å². The lowest BCUT2D eigenvalue weighted by molar-refractivity contribution is -0.136. The molecule has 44 heavy (non-hydrogen) atoms. The minimum atomic E-state index is -0.979. The molecule has 2 aliphatic rings. The second-order valence-electron chi connectivity index (χ2n) is 10.8. The first-order valence-corrected chi connectivity index (χ1v) is 14.4. The van der Waals surface area contributed by atoms with Crippen molar-refractivity contribution >= 4 is 40.3 Å². The molecule has 2 N–H and O–H groups in total. The summed E-state index contributed by atoms with van der Waals surface area (Å²) < 4.78 is 1.83. The highest BCUT2D eigenvalue weighted by Crippen LogP contribution is 2.29. The molecule has 1 atom stereocenters. The Kier molecular flexibility index (Phi) is 6.89. The fourth-order valence-electron chi connectivity index (χ4n) is 5.65. The van der Waals surface area contributed by atoms with E-state index in [0.717, 1.165) is 51.3 Å². The van der Waals surface area contributed by atoms with Crippen LogP contribution in [-0.4, -0.2) is 60.9 Å². The summed E-state index contributed by atoms with van der Waals surface area (Å²) in [5.74, 6) is -2.05. The number of carbonyl (C=O) groups excluding carboxylic acids is 4. The Labute approximate surface area is 251 Å². The van der Waals surface area contributed by atoms with E-state index in [9.17, 15) is 19.2 Å². The van der Waals surface area contributed by atoms with Crippen molar-refractivity contribution in [2.75, 3.05) is 11.9 Å². The van der Waals surface area contributed by atoms with Crippen molar-refractivity contribution in [1.82, 2.24) is 30.0 Å². The molecule has 0 saturated carbocycles. The van der Waals surface area contributed by atoms with Crippen LogP contribution in [0, 0.1) is 0 Å². The number of benzene rings is 3. The Balaban J connectivity index is 0.969. The van der Waals surface area contributed by atoms with Crippen molar-refractivity contribution < 1.29 is 19.2 Å². The molecule has 0 aliphatic carbocycles. The summed E-state index contributed by atoms with van der Waals surface area (Å²) in [6.07, 6.45) is 7.35. The van der Waals surface area contributed by atoms with Gasteiger partial charge in [-0.15, -0.1) is 0 Å². The Morgan fingerprint density at radius 3 is 2.59 bits per heavy atom. The van der Waals surface area contributed by atoms with Crippen molar-refractivity contribution in [1.29, 1.82) is 0 Å². The van der Waals surface area contributed by atoms with Gasteiger partial charge in [0.15, 0.2) is 0 Å². The van der Waals surface area contributed by atoms with Gasteiger partial charge in [0.1, 0.15) is 6.04 Å². The number of amides is 4. The van der Waals surface area contributed by atoms with Gasteiger partial charge in [-0.2, -0.15) is 5.10 Å². The number of rotatable bonds is 8. The maximum absolute atomic E-state index is 13.1. The first kappa shape index (κ1) is 27.1. The predicted octanol–water partition coefficient (Wildman–Crippen LogP) is 3.93. The van der Waals surface area contributed by atoms with Gasteiger partial charge in [0.2, 0.25) is 11.8 Å². The fourth-order valence-corrected chi connectivity index (χ4v) is 5.65. The molecule has 4 heterocycles. The number of para-hydroxylation sites is 2. The molecule has 2 aromatic heterocycles. The Bertz CT molecular complexity index is 1970. The number of fused-ring (bicyclic) bond motifs is 2. The summed E-state index contributed by atoms with van der Waals surface area (Å²) in [6, 6.07) is 20.0. The van der Waals surface area contributed by atoms with Crippen molar-refractivity contribution in [2.24, 2.45) is 0 Å². The van der Waals surface area contributed by atoms with Crippen LogP contribution in [0.3, 0.4) is 0 Å². The summed E-state index contributed by atoms with van der Waals surface area (Å²) in [6.45, 7) is 0.647. The van der Waals surface area contributed by atoms with Crippen LogP contribution in [0.25, 0.3) is 28.0 Å². The molecule has 11 nitrogen and oxygen atoms in total. The molecule has 1 saturated heterocycles. The minimum absolute atomic E-state index is 0.0863. The highest BCUT2D eigenvalue weighted by molar-refractivity contribution is 6.23. The van der Waals surface area contributed by atoms with Gasteiger partial charge in [-0.05, 0) is 67.3 Å². The van der Waals surface area contributed by atoms with E-state index in [1.165, 1.54) is 0 Å². The number of aryl methyl sites for hydroxylation is 1. The molecule has 0 bridgehead atoms. The van der Waals surface area contributed by atoms with Gasteiger partial charge in [-0.25, -0.2) is 9.67 Å². The summed E-state index contributed by atoms with van der Waals surface area (Å²) in [4.78, 5) is 60.0. The highest BCUT2D eigenvalue weighted by atomic mass is 16.2. The third-order valence-electron chi connectivity index (χ3n) is 7.91. The average Bonchev–Trinajstić information content (AvgIpc) is 3.63. The predicted molar refractivity (Wildman–Crippen MR) is 162 cm³/mol. The van der Waals surface area contributed by atoms with E-state index in [-0.39, 0.29) is 24.0 Å². The second kappa shape index (κ2) is 11.2. The number of anilines is 1. The number of hydrogen-bond acceptors (Lipinski definition) is 8. The summed E-state index contributed by atoms with van der Waals surface area (Å²) in [7, 11) is 0. The maximum atomic E-state index is 13.1. The van der Waals surface area contributed by atoms with Crippen LogP contribution >= 0.6 is 0 Å². The first-order valence-electron chi connectivity index (χ1n) is 14.4. The zero-order valence-electron chi connectivity index (χ0n) is 23.6. The van der Waals surface area contributed by atoms with E-state index in [0.29, 0.717) is 12.2 Å². The van der Waals surface area contributed by atoms with E-state index in [1.54, 1.807) is 30.6 Å². The van der Waals surface area contributed by atoms with Crippen molar-refractivity contribution in [3.63, 3.8) is 0 Å². The van der Waals surface area contributed by atoms with Crippen LogP contribution < -0.4 is 10.6 Å². The number of nitrogens with one attached hydrogen (secondary N) is 2. The SMILES string of the molecule is O=C1CCC(N2C(=O)c3ccc(NCCCc4cccc(-n5cc(-c6cnc7ccccc7n6)cn5)c4)cc3C2=O)C(=O)N1. The molecule has 3 aromatic carbocycles. The molecule has 218 valence electrons. The largest absolute Gasteiger partial charge is 0.385 e. The summed E-state index contributed by atoms with van der Waals surface area (Å²) >= 11 is 0. The monoisotopic (exact) mass is 585 g/mol. The highest BCUT2D eigenvalue weighted by Gasteiger charge is 2.44. The van der Waals surface area contributed by atoms with Gasteiger partial charge < -0.3 is 5.32 Å². The number of imide groups is 2. The van der Waals surface area contributed by atoms with Gasteiger partial charge in [0.05, 0.1) is 45.9 Å². The average molecular weight is 586 g/mol. The Morgan fingerprint density at radius 2 is 1.73 bits per heavy atom. The minimum Gasteiger partial charge on any atom is -0.385 e. The molecule has 7 rings (SSSR count). The zero-order valence-corrected chi connectivity index (χ0v) is 23.6. The van der Waals surface area contributed by atoms with Crippen LogP contribution in [0.5, 0.6) is 0 Å². The lowest BCUT2D eigenvalue weighted by Crippen LogP contribution is -2.54. The van der Waals surface area contributed by atoms with Crippen molar-refractivity contribution in [2.45, 2.75) is 31.7 Å². The number of nitrogens with zero attached hydrogens (tertiary/aromatic N) is 5. The number of piperidine rings is 1. The van der Waals surface area contributed by atoms with Gasteiger partial charge in [-0.3, -0.25) is 34.4 Å². The van der Waals surface area contributed by atoms with E-state index in [4.69, 9.17) is 4.98 Å². The molecule has 2 aliphatic heterocycles. The molecule has 11 heteroatoms. The molecule has 4 amide bonds. The molecule has 0 radical (unpaired) electrons. The number of carbonyl (C=O) groups is 4. The maximum Gasteiger partial charge on any atom is 0.262 e. The topological polar surface area (TPSA) is 139 Å².